The number of carbonyl (C=O) groups excluding carboxylic acids is 2. The minimum atomic E-state index is -0.107. The molecule has 1 saturated heterocycles. The quantitative estimate of drug-likeness (QED) is 0.575. The van der Waals surface area contributed by atoms with Gasteiger partial charge in [-0.25, -0.2) is 0 Å². The van der Waals surface area contributed by atoms with Crippen LogP contribution >= 0.6 is 12.2 Å². The lowest BCUT2D eigenvalue weighted by Crippen LogP contribution is -2.37. The third-order valence-corrected chi connectivity index (χ3v) is 5.36. The summed E-state index contributed by atoms with van der Waals surface area (Å²) in [5, 5.41) is 10.1. The van der Waals surface area contributed by atoms with Crippen LogP contribution in [0.15, 0.2) is 30.3 Å². The molecule has 2 N–H and O–H groups in total. The number of aromatic amines is 1. The van der Waals surface area contributed by atoms with Gasteiger partial charge in [0.2, 0.25) is 11.8 Å². The Morgan fingerprint density at radius 1 is 1.24 bits per heavy atom. The molecule has 0 aliphatic carbocycles. The Labute approximate surface area is 175 Å². The van der Waals surface area contributed by atoms with Crippen LogP contribution in [-0.2, 0) is 9.59 Å². The van der Waals surface area contributed by atoms with E-state index < -0.39 is 0 Å². The number of aromatic nitrogens is 3. The molecule has 0 atom stereocenters. The Morgan fingerprint density at radius 2 is 1.90 bits per heavy atom. The van der Waals surface area contributed by atoms with Crippen molar-refractivity contribution in [3.05, 3.63) is 46.5 Å². The third kappa shape index (κ3) is 5.20. The number of benzene rings is 1. The summed E-state index contributed by atoms with van der Waals surface area (Å²) in [6.07, 6.45) is 5.16. The molecule has 2 aromatic rings. The minimum absolute atomic E-state index is 0.0112. The smallest absolute Gasteiger partial charge is 0.246 e. The Balaban J connectivity index is 1.57. The number of carbonyl (C=O) groups is 2. The molecule has 1 aromatic heterocycles. The van der Waals surface area contributed by atoms with Crippen molar-refractivity contribution in [1.82, 2.24) is 19.7 Å². The lowest BCUT2D eigenvalue weighted by molar-refractivity contribution is -0.127. The highest BCUT2D eigenvalue weighted by Gasteiger charge is 2.27. The number of nitrogens with one attached hydrogen (secondary N) is 2. The monoisotopic (exact) mass is 413 g/mol. The molecule has 0 saturated carbocycles. The second-order valence-corrected chi connectivity index (χ2v) is 7.97. The van der Waals surface area contributed by atoms with Crippen molar-refractivity contribution >= 4 is 35.8 Å². The van der Waals surface area contributed by atoms with E-state index in [-0.39, 0.29) is 17.9 Å². The summed E-state index contributed by atoms with van der Waals surface area (Å²) >= 11 is 5.34. The van der Waals surface area contributed by atoms with Crippen LogP contribution in [0.3, 0.4) is 0 Å². The fraction of sp³-hybridized carbons (Fsp3) is 0.429. The zero-order valence-electron chi connectivity index (χ0n) is 17.0. The molecule has 7 nitrogen and oxygen atoms in total. The summed E-state index contributed by atoms with van der Waals surface area (Å²) in [4.78, 5) is 25.5. The van der Waals surface area contributed by atoms with Crippen molar-refractivity contribution in [1.29, 1.82) is 0 Å². The number of amides is 2. The maximum absolute atomic E-state index is 12.5. The van der Waals surface area contributed by atoms with Crippen molar-refractivity contribution in [2.45, 2.75) is 45.6 Å². The van der Waals surface area contributed by atoms with Crippen molar-refractivity contribution < 1.29 is 9.59 Å². The fourth-order valence-corrected chi connectivity index (χ4v) is 3.97. The molecule has 29 heavy (non-hydrogen) atoms. The average Bonchev–Trinajstić information content (AvgIpc) is 3.08. The number of nitrogens with zero attached hydrogens (tertiary/aromatic N) is 3. The van der Waals surface area contributed by atoms with Gasteiger partial charge in [-0.15, -0.1) is 0 Å². The molecule has 0 unspecified atom stereocenters. The van der Waals surface area contributed by atoms with Crippen LogP contribution in [-0.4, -0.2) is 44.6 Å². The molecule has 8 heteroatoms. The zero-order valence-corrected chi connectivity index (χ0v) is 17.8. The molecule has 1 fully saturated rings. The number of piperidine rings is 1. The highest BCUT2D eigenvalue weighted by molar-refractivity contribution is 7.71. The molecule has 1 aromatic carbocycles. The number of likely N-dealkylation sites (tertiary alicyclic amines) is 1. The SMILES string of the molecule is CC(=O)Nc1ccc(C=CC(=O)N2CCC(c3n[nH]c(=S)n3C(C)C)CC2)cc1. The summed E-state index contributed by atoms with van der Waals surface area (Å²) < 4.78 is 2.73. The van der Waals surface area contributed by atoms with Crippen molar-refractivity contribution in [2.24, 2.45) is 0 Å². The second-order valence-electron chi connectivity index (χ2n) is 7.59. The van der Waals surface area contributed by atoms with E-state index >= 15 is 0 Å². The second kappa shape index (κ2) is 9.17. The summed E-state index contributed by atoms with van der Waals surface area (Å²) in [5.41, 5.74) is 1.65. The highest BCUT2D eigenvalue weighted by Crippen LogP contribution is 2.28. The first-order chi connectivity index (χ1) is 13.8. The van der Waals surface area contributed by atoms with Crippen LogP contribution in [0.2, 0.25) is 0 Å². The molecule has 3 rings (SSSR count). The normalized spacial score (nSPS) is 15.2. The Morgan fingerprint density at radius 3 is 2.48 bits per heavy atom. The predicted molar refractivity (Wildman–Crippen MR) is 116 cm³/mol. The molecule has 1 aliphatic rings. The maximum Gasteiger partial charge on any atom is 0.246 e. The van der Waals surface area contributed by atoms with Gasteiger partial charge >= 0.3 is 0 Å². The number of hydrogen-bond acceptors (Lipinski definition) is 4. The first-order valence-electron chi connectivity index (χ1n) is 9.86. The van der Waals surface area contributed by atoms with Crippen LogP contribution in [0.5, 0.6) is 0 Å². The van der Waals surface area contributed by atoms with Crippen LogP contribution in [0.1, 0.15) is 57.0 Å². The van der Waals surface area contributed by atoms with E-state index in [0.717, 1.165) is 29.9 Å². The van der Waals surface area contributed by atoms with Gasteiger partial charge in [0.05, 0.1) is 0 Å². The Hall–Kier alpha value is -2.74. The van der Waals surface area contributed by atoms with Gasteiger partial charge in [0.15, 0.2) is 4.77 Å². The summed E-state index contributed by atoms with van der Waals surface area (Å²) in [7, 11) is 0. The van der Waals surface area contributed by atoms with Gasteiger partial charge in [-0.2, -0.15) is 5.10 Å². The van der Waals surface area contributed by atoms with Crippen molar-refractivity contribution in [3.63, 3.8) is 0 Å². The minimum Gasteiger partial charge on any atom is -0.339 e. The first-order valence-corrected chi connectivity index (χ1v) is 10.3. The van der Waals surface area contributed by atoms with E-state index in [9.17, 15) is 9.59 Å². The van der Waals surface area contributed by atoms with Crippen LogP contribution in [0.25, 0.3) is 6.08 Å². The lowest BCUT2D eigenvalue weighted by atomic mass is 9.95. The van der Waals surface area contributed by atoms with E-state index in [1.165, 1.54) is 6.92 Å². The fourth-order valence-electron chi connectivity index (χ4n) is 3.62. The topological polar surface area (TPSA) is 83.0 Å². The molecule has 2 heterocycles. The van der Waals surface area contributed by atoms with Gasteiger partial charge in [0.1, 0.15) is 5.82 Å². The van der Waals surface area contributed by atoms with Crippen molar-refractivity contribution in [3.8, 4) is 0 Å². The number of rotatable bonds is 5. The van der Waals surface area contributed by atoms with E-state index in [0.29, 0.717) is 23.8 Å². The molecule has 2 amide bonds. The van der Waals surface area contributed by atoms with E-state index in [1.54, 1.807) is 12.2 Å². The first kappa shape index (κ1) is 21.0. The third-order valence-electron chi connectivity index (χ3n) is 5.07. The molecule has 0 spiro atoms. The van der Waals surface area contributed by atoms with Gasteiger partial charge < -0.3 is 14.8 Å². The molecule has 1 aliphatic heterocycles. The molecular weight excluding hydrogens is 386 g/mol. The van der Waals surface area contributed by atoms with E-state index in [2.05, 4.69) is 33.9 Å². The van der Waals surface area contributed by atoms with Gasteiger partial charge in [-0.1, -0.05) is 12.1 Å². The number of H-pyrrole nitrogens is 1. The molecule has 0 radical (unpaired) electrons. The predicted octanol–water partition coefficient (Wildman–Crippen LogP) is 3.90. The number of hydrogen-bond donors (Lipinski definition) is 2. The lowest BCUT2D eigenvalue weighted by Gasteiger charge is -2.31. The summed E-state index contributed by atoms with van der Waals surface area (Å²) in [6, 6.07) is 7.64. The van der Waals surface area contributed by atoms with Gasteiger partial charge in [-0.05, 0) is 62.7 Å². The molecule has 0 bridgehead atoms. The Bertz CT molecular complexity index is 950. The zero-order chi connectivity index (χ0) is 21.0. The van der Waals surface area contributed by atoms with Crippen LogP contribution in [0.4, 0.5) is 5.69 Å². The highest BCUT2D eigenvalue weighted by atomic mass is 32.1. The number of anilines is 1. The van der Waals surface area contributed by atoms with E-state index in [4.69, 9.17) is 12.2 Å². The maximum atomic E-state index is 12.5. The van der Waals surface area contributed by atoms with Crippen LogP contribution < -0.4 is 5.32 Å². The van der Waals surface area contributed by atoms with Crippen molar-refractivity contribution in [2.75, 3.05) is 18.4 Å². The average molecular weight is 414 g/mol. The summed E-state index contributed by atoms with van der Waals surface area (Å²) in [5.74, 6) is 1.20. The molecular formula is C21H27N5O2S. The van der Waals surface area contributed by atoms with Gasteiger partial charge in [0, 0.05) is 43.7 Å². The largest absolute Gasteiger partial charge is 0.339 e. The standard InChI is InChI=1S/C21H27N5O2S/c1-14(2)26-20(23-24-21(26)29)17-10-12-25(13-11-17)19(28)9-6-16-4-7-18(8-5-16)22-15(3)27/h4-9,14,17H,10-13H2,1-3H3,(H,22,27)(H,24,29). The Kier molecular flexibility index (Phi) is 6.64. The van der Waals surface area contributed by atoms with E-state index in [1.807, 2.05) is 29.2 Å². The van der Waals surface area contributed by atoms with Gasteiger partial charge in [-0.3, -0.25) is 14.7 Å². The summed E-state index contributed by atoms with van der Waals surface area (Å²) in [6.45, 7) is 7.07. The van der Waals surface area contributed by atoms with Gasteiger partial charge in [0.25, 0.3) is 0 Å². The van der Waals surface area contributed by atoms with Crippen LogP contribution in [0, 0.1) is 4.77 Å². The molecule has 154 valence electrons.